The topological polar surface area (TPSA) is 121 Å². The predicted molar refractivity (Wildman–Crippen MR) is 126 cm³/mol. The van der Waals surface area contributed by atoms with E-state index < -0.39 is 26.0 Å². The molecule has 0 bridgehead atoms. The fraction of sp³-hybridized carbons (Fsp3) is 0.136. The lowest BCUT2D eigenvalue weighted by molar-refractivity contribution is 0.102. The van der Waals surface area contributed by atoms with Gasteiger partial charge in [0.05, 0.1) is 16.8 Å². The Balaban J connectivity index is 1.69. The zero-order valence-corrected chi connectivity index (χ0v) is 19.3. The Morgan fingerprint density at radius 2 is 1.34 bits per heavy atom. The van der Waals surface area contributed by atoms with Gasteiger partial charge in [-0.25, -0.2) is 16.8 Å². The van der Waals surface area contributed by atoms with Gasteiger partial charge >= 0.3 is 0 Å². The van der Waals surface area contributed by atoms with Crippen molar-refractivity contribution in [2.45, 2.75) is 18.7 Å². The van der Waals surface area contributed by atoms with Crippen LogP contribution in [0.2, 0.25) is 0 Å². The molecule has 0 aliphatic carbocycles. The van der Waals surface area contributed by atoms with Crippen LogP contribution in [0.15, 0.2) is 71.6 Å². The maximum absolute atomic E-state index is 12.7. The van der Waals surface area contributed by atoms with Crippen LogP contribution in [0, 0.1) is 13.8 Å². The highest BCUT2D eigenvalue weighted by molar-refractivity contribution is 7.92. The lowest BCUT2D eigenvalue weighted by Crippen LogP contribution is -2.15. The van der Waals surface area contributed by atoms with Gasteiger partial charge in [0.2, 0.25) is 10.0 Å². The van der Waals surface area contributed by atoms with Gasteiger partial charge in [0, 0.05) is 16.9 Å². The number of anilines is 3. The number of amides is 1. The molecule has 8 nitrogen and oxygen atoms in total. The third kappa shape index (κ3) is 6.08. The number of hydrogen-bond acceptors (Lipinski definition) is 5. The van der Waals surface area contributed by atoms with E-state index in [0.29, 0.717) is 22.6 Å². The fourth-order valence-electron chi connectivity index (χ4n) is 2.96. The molecule has 0 aliphatic rings. The molecule has 3 rings (SSSR count). The van der Waals surface area contributed by atoms with Crippen LogP contribution in [0.25, 0.3) is 0 Å². The molecular weight excluding hydrogens is 450 g/mol. The quantitative estimate of drug-likeness (QED) is 0.483. The van der Waals surface area contributed by atoms with Crippen molar-refractivity contribution in [2.75, 3.05) is 21.0 Å². The monoisotopic (exact) mass is 473 g/mol. The van der Waals surface area contributed by atoms with Gasteiger partial charge in [0.15, 0.2) is 0 Å². The minimum atomic E-state index is -3.78. The van der Waals surface area contributed by atoms with Crippen LogP contribution in [-0.2, 0) is 20.0 Å². The molecule has 0 aromatic heterocycles. The minimum absolute atomic E-state index is 0.0617. The molecule has 0 atom stereocenters. The number of carbonyl (C=O) groups is 1. The summed E-state index contributed by atoms with van der Waals surface area (Å²) in [5.74, 6) is -0.417. The van der Waals surface area contributed by atoms with E-state index in [-0.39, 0.29) is 4.90 Å². The second-order valence-electron chi connectivity index (χ2n) is 7.35. The molecule has 3 N–H and O–H groups in total. The van der Waals surface area contributed by atoms with Gasteiger partial charge < -0.3 is 5.32 Å². The molecule has 0 heterocycles. The van der Waals surface area contributed by atoms with Gasteiger partial charge in [0.1, 0.15) is 0 Å². The Kier molecular flexibility index (Phi) is 6.56. The molecule has 32 heavy (non-hydrogen) atoms. The summed E-state index contributed by atoms with van der Waals surface area (Å²) in [5.41, 5.74) is 3.43. The zero-order valence-electron chi connectivity index (χ0n) is 17.7. The maximum Gasteiger partial charge on any atom is 0.261 e. The summed E-state index contributed by atoms with van der Waals surface area (Å²) in [6.45, 7) is 3.76. The second kappa shape index (κ2) is 9.01. The molecule has 0 saturated heterocycles. The highest BCUT2D eigenvalue weighted by Crippen LogP contribution is 2.22. The molecule has 0 fully saturated rings. The summed E-state index contributed by atoms with van der Waals surface area (Å²) in [6, 6.07) is 17.1. The third-order valence-corrected chi connectivity index (χ3v) is 6.49. The highest BCUT2D eigenvalue weighted by Gasteiger charge is 2.16. The Hall–Kier alpha value is -3.37. The highest BCUT2D eigenvalue weighted by atomic mass is 32.2. The maximum atomic E-state index is 12.7. The van der Waals surface area contributed by atoms with Crippen molar-refractivity contribution in [3.8, 4) is 0 Å². The van der Waals surface area contributed by atoms with Crippen LogP contribution < -0.4 is 14.8 Å². The van der Waals surface area contributed by atoms with Crippen molar-refractivity contribution < 1.29 is 21.6 Å². The smallest absolute Gasteiger partial charge is 0.261 e. The predicted octanol–water partition coefficient (Wildman–Crippen LogP) is 3.73. The number of benzene rings is 3. The number of aryl methyl sites for hydroxylation is 2. The zero-order chi connectivity index (χ0) is 23.5. The average Bonchev–Trinajstić information content (AvgIpc) is 2.70. The first-order chi connectivity index (χ1) is 14.9. The number of hydrogen-bond donors (Lipinski definition) is 3. The molecule has 168 valence electrons. The van der Waals surface area contributed by atoms with E-state index in [9.17, 15) is 21.6 Å². The van der Waals surface area contributed by atoms with Crippen molar-refractivity contribution >= 4 is 43.0 Å². The Morgan fingerprint density at radius 1 is 0.750 bits per heavy atom. The van der Waals surface area contributed by atoms with E-state index in [4.69, 9.17) is 0 Å². The van der Waals surface area contributed by atoms with Crippen LogP contribution in [0.5, 0.6) is 0 Å². The van der Waals surface area contributed by atoms with Crippen molar-refractivity contribution in [3.63, 3.8) is 0 Å². The second-order valence-corrected chi connectivity index (χ2v) is 10.8. The molecule has 3 aromatic carbocycles. The van der Waals surface area contributed by atoms with Crippen LogP contribution >= 0.6 is 0 Å². The SMILES string of the molecule is Cc1ccc(NS(=O)(=O)c2ccc(NC(=O)c3ccc(NS(C)(=O)=O)cc3)cc2)c(C)c1. The standard InChI is InChI=1S/C22H23N3O5S2/c1-15-4-13-21(16(2)14-15)25-32(29,30)20-11-9-18(10-12-20)23-22(26)17-5-7-19(8-6-17)24-31(3,27)28/h4-14,24-25H,1-3H3,(H,23,26). The summed E-state index contributed by atoms with van der Waals surface area (Å²) in [7, 11) is -7.19. The van der Waals surface area contributed by atoms with E-state index in [0.717, 1.165) is 17.4 Å². The van der Waals surface area contributed by atoms with Gasteiger partial charge in [-0.15, -0.1) is 0 Å². The molecule has 0 radical (unpaired) electrons. The van der Waals surface area contributed by atoms with Gasteiger partial charge in [-0.1, -0.05) is 17.7 Å². The van der Waals surface area contributed by atoms with E-state index in [1.165, 1.54) is 48.5 Å². The molecule has 0 saturated carbocycles. The van der Waals surface area contributed by atoms with Crippen LogP contribution in [0.1, 0.15) is 21.5 Å². The molecular formula is C22H23N3O5S2. The van der Waals surface area contributed by atoms with Gasteiger partial charge in [-0.2, -0.15) is 0 Å². The summed E-state index contributed by atoms with van der Waals surface area (Å²) in [6.07, 6.45) is 1.04. The summed E-state index contributed by atoms with van der Waals surface area (Å²) in [5, 5.41) is 2.68. The largest absolute Gasteiger partial charge is 0.322 e. The number of rotatable bonds is 7. The van der Waals surface area contributed by atoms with Crippen LogP contribution in [0.4, 0.5) is 17.1 Å². The van der Waals surface area contributed by atoms with Crippen LogP contribution in [-0.4, -0.2) is 29.0 Å². The van der Waals surface area contributed by atoms with Crippen molar-refractivity contribution in [1.29, 1.82) is 0 Å². The number of carbonyl (C=O) groups excluding carboxylic acids is 1. The fourth-order valence-corrected chi connectivity index (χ4v) is 4.65. The first kappa shape index (κ1) is 23.3. The van der Waals surface area contributed by atoms with E-state index in [1.54, 1.807) is 6.07 Å². The van der Waals surface area contributed by atoms with Gasteiger partial charge in [-0.3, -0.25) is 14.2 Å². The van der Waals surface area contributed by atoms with E-state index >= 15 is 0 Å². The van der Waals surface area contributed by atoms with Gasteiger partial charge in [0.25, 0.3) is 15.9 Å². The summed E-state index contributed by atoms with van der Waals surface area (Å²) >= 11 is 0. The summed E-state index contributed by atoms with van der Waals surface area (Å²) in [4.78, 5) is 12.5. The molecule has 0 aliphatic heterocycles. The average molecular weight is 474 g/mol. The molecule has 3 aromatic rings. The van der Waals surface area contributed by atoms with Crippen molar-refractivity contribution in [2.24, 2.45) is 0 Å². The Bertz CT molecular complexity index is 1350. The normalized spacial score (nSPS) is 11.6. The summed E-state index contributed by atoms with van der Waals surface area (Å²) < 4.78 is 52.8. The van der Waals surface area contributed by atoms with E-state index in [1.807, 2.05) is 26.0 Å². The van der Waals surface area contributed by atoms with Crippen molar-refractivity contribution in [3.05, 3.63) is 83.4 Å². The Morgan fingerprint density at radius 3 is 1.91 bits per heavy atom. The molecule has 0 unspecified atom stereocenters. The van der Waals surface area contributed by atoms with Gasteiger partial charge in [-0.05, 0) is 74.0 Å². The number of sulfonamides is 2. The Labute approximate surface area is 187 Å². The molecule has 1 amide bonds. The van der Waals surface area contributed by atoms with Crippen LogP contribution in [0.3, 0.4) is 0 Å². The molecule has 0 spiro atoms. The van der Waals surface area contributed by atoms with E-state index in [2.05, 4.69) is 14.8 Å². The third-order valence-electron chi connectivity index (χ3n) is 4.50. The lowest BCUT2D eigenvalue weighted by Gasteiger charge is -2.12. The number of nitrogens with one attached hydrogen (secondary N) is 3. The lowest BCUT2D eigenvalue weighted by atomic mass is 10.1. The van der Waals surface area contributed by atoms with Crippen molar-refractivity contribution in [1.82, 2.24) is 0 Å². The first-order valence-electron chi connectivity index (χ1n) is 9.52. The molecule has 10 heteroatoms. The first-order valence-corrected chi connectivity index (χ1v) is 12.9. The minimum Gasteiger partial charge on any atom is -0.322 e.